The average Bonchev–Trinajstić information content (AvgIpc) is 2.53. The van der Waals surface area contributed by atoms with Crippen molar-refractivity contribution in [1.29, 1.82) is 5.26 Å². The Morgan fingerprint density at radius 1 is 1.25 bits per heavy atom. The number of benzene rings is 1. The second-order valence-corrected chi connectivity index (χ2v) is 7.71. The first-order valence-corrected chi connectivity index (χ1v) is 8.95. The van der Waals surface area contributed by atoms with Crippen LogP contribution >= 0.6 is 0 Å². The fraction of sp³-hybridized carbons (Fsp3) is 0.294. The molecule has 1 saturated heterocycles. The van der Waals surface area contributed by atoms with E-state index in [0.717, 1.165) is 11.1 Å². The summed E-state index contributed by atoms with van der Waals surface area (Å²) in [5.74, 6) is 0.244. The Morgan fingerprint density at radius 2 is 2.00 bits per heavy atom. The van der Waals surface area contributed by atoms with E-state index in [4.69, 9.17) is 10.00 Å². The molecule has 0 unspecified atom stereocenters. The largest absolute Gasteiger partial charge is 0.471 e. The number of sulfonamides is 1. The Kier molecular flexibility index (Phi) is 4.26. The molecule has 6 nitrogen and oxygen atoms in total. The van der Waals surface area contributed by atoms with Gasteiger partial charge in [-0.05, 0) is 49.2 Å². The topological polar surface area (TPSA) is 83.3 Å². The molecule has 0 saturated carbocycles. The Bertz CT molecular complexity index is 913. The Hall–Kier alpha value is -2.43. The van der Waals surface area contributed by atoms with Gasteiger partial charge in [-0.15, -0.1) is 0 Å². The number of nitriles is 1. The molecule has 0 radical (unpaired) electrons. The highest BCUT2D eigenvalue weighted by molar-refractivity contribution is 7.89. The SMILES string of the molecule is Cc1ccc(S(=O)(=O)N2CC(Oc3ncccc3C#N)C2)cc1C. The number of pyridine rings is 1. The van der Waals surface area contributed by atoms with Crippen molar-refractivity contribution in [1.82, 2.24) is 9.29 Å². The highest BCUT2D eigenvalue weighted by atomic mass is 32.2. The van der Waals surface area contributed by atoms with Crippen LogP contribution in [0.15, 0.2) is 41.4 Å². The minimum Gasteiger partial charge on any atom is -0.471 e. The molecule has 2 aromatic rings. The van der Waals surface area contributed by atoms with E-state index in [1.807, 2.05) is 26.0 Å². The number of rotatable bonds is 4. The quantitative estimate of drug-likeness (QED) is 0.848. The average molecular weight is 343 g/mol. The summed E-state index contributed by atoms with van der Waals surface area (Å²) in [5.41, 5.74) is 2.34. The van der Waals surface area contributed by atoms with Crippen molar-refractivity contribution in [3.05, 3.63) is 53.2 Å². The lowest BCUT2D eigenvalue weighted by Gasteiger charge is -2.37. The van der Waals surface area contributed by atoms with Crippen molar-refractivity contribution in [3.8, 4) is 11.9 Å². The van der Waals surface area contributed by atoms with E-state index in [0.29, 0.717) is 10.5 Å². The first kappa shape index (κ1) is 16.4. The summed E-state index contributed by atoms with van der Waals surface area (Å²) in [6.45, 7) is 4.33. The van der Waals surface area contributed by atoms with Crippen LogP contribution in [0.5, 0.6) is 5.88 Å². The maximum Gasteiger partial charge on any atom is 0.243 e. The molecule has 0 aliphatic carbocycles. The molecule has 1 aliphatic rings. The van der Waals surface area contributed by atoms with Crippen molar-refractivity contribution >= 4 is 10.0 Å². The summed E-state index contributed by atoms with van der Waals surface area (Å²) in [5, 5.41) is 9.02. The van der Waals surface area contributed by atoms with E-state index in [1.165, 1.54) is 4.31 Å². The first-order valence-electron chi connectivity index (χ1n) is 7.51. The number of aryl methyl sites for hydroxylation is 2. The number of ether oxygens (including phenoxy) is 1. The molecule has 0 N–H and O–H groups in total. The van der Waals surface area contributed by atoms with Gasteiger partial charge in [-0.1, -0.05) is 6.07 Å². The van der Waals surface area contributed by atoms with Crippen LogP contribution in [0.2, 0.25) is 0 Å². The van der Waals surface area contributed by atoms with E-state index >= 15 is 0 Å². The lowest BCUT2D eigenvalue weighted by atomic mass is 10.1. The third kappa shape index (κ3) is 2.98. The van der Waals surface area contributed by atoms with Gasteiger partial charge in [0.1, 0.15) is 17.7 Å². The molecule has 24 heavy (non-hydrogen) atoms. The lowest BCUT2D eigenvalue weighted by Crippen LogP contribution is -2.56. The minimum atomic E-state index is -3.51. The third-order valence-corrected chi connectivity index (χ3v) is 5.93. The molecule has 1 aromatic carbocycles. The molecule has 3 rings (SSSR count). The van der Waals surface area contributed by atoms with Gasteiger partial charge in [0.2, 0.25) is 15.9 Å². The zero-order valence-electron chi connectivity index (χ0n) is 13.4. The molecular weight excluding hydrogens is 326 g/mol. The molecule has 0 spiro atoms. The van der Waals surface area contributed by atoms with E-state index in [-0.39, 0.29) is 25.1 Å². The van der Waals surface area contributed by atoms with Gasteiger partial charge in [0, 0.05) is 6.20 Å². The van der Waals surface area contributed by atoms with Crippen LogP contribution in [0.3, 0.4) is 0 Å². The van der Waals surface area contributed by atoms with Crippen LogP contribution in [0.4, 0.5) is 0 Å². The molecule has 7 heteroatoms. The fourth-order valence-corrected chi connectivity index (χ4v) is 4.01. The van der Waals surface area contributed by atoms with Crippen LogP contribution in [0.25, 0.3) is 0 Å². The fourth-order valence-electron chi connectivity index (χ4n) is 2.42. The van der Waals surface area contributed by atoms with Gasteiger partial charge < -0.3 is 4.74 Å². The normalized spacial score (nSPS) is 15.5. The summed E-state index contributed by atoms with van der Waals surface area (Å²) in [4.78, 5) is 4.32. The molecule has 124 valence electrons. The van der Waals surface area contributed by atoms with Crippen LogP contribution in [0.1, 0.15) is 16.7 Å². The van der Waals surface area contributed by atoms with Gasteiger partial charge in [0.25, 0.3) is 0 Å². The van der Waals surface area contributed by atoms with E-state index < -0.39 is 10.0 Å². The maximum absolute atomic E-state index is 12.6. The summed E-state index contributed by atoms with van der Waals surface area (Å²) < 4.78 is 32.2. The number of aromatic nitrogens is 1. The Balaban J connectivity index is 1.69. The zero-order valence-corrected chi connectivity index (χ0v) is 14.2. The maximum atomic E-state index is 12.6. The van der Waals surface area contributed by atoms with Gasteiger partial charge in [-0.2, -0.15) is 9.57 Å². The molecule has 0 atom stereocenters. The molecule has 1 fully saturated rings. The van der Waals surface area contributed by atoms with Crippen molar-refractivity contribution < 1.29 is 13.2 Å². The molecule has 0 amide bonds. The van der Waals surface area contributed by atoms with E-state index in [2.05, 4.69) is 4.98 Å². The predicted molar refractivity (Wildman–Crippen MR) is 88.0 cm³/mol. The zero-order chi connectivity index (χ0) is 17.3. The van der Waals surface area contributed by atoms with Gasteiger partial charge in [-0.25, -0.2) is 13.4 Å². The van der Waals surface area contributed by atoms with E-state index in [9.17, 15) is 8.42 Å². The van der Waals surface area contributed by atoms with E-state index in [1.54, 1.807) is 30.5 Å². The van der Waals surface area contributed by atoms with Crippen LogP contribution < -0.4 is 4.74 Å². The van der Waals surface area contributed by atoms with Gasteiger partial charge in [0.15, 0.2) is 0 Å². The Labute approximate surface area is 141 Å². The van der Waals surface area contributed by atoms with Crippen molar-refractivity contribution in [2.45, 2.75) is 24.8 Å². The van der Waals surface area contributed by atoms with Crippen LogP contribution in [-0.2, 0) is 10.0 Å². The number of nitrogens with zero attached hydrogens (tertiary/aromatic N) is 3. The molecule has 0 bridgehead atoms. The van der Waals surface area contributed by atoms with Gasteiger partial charge in [-0.3, -0.25) is 0 Å². The summed E-state index contributed by atoms with van der Waals surface area (Å²) in [7, 11) is -3.51. The van der Waals surface area contributed by atoms with Crippen LogP contribution in [0, 0.1) is 25.2 Å². The summed E-state index contributed by atoms with van der Waals surface area (Å²) >= 11 is 0. The van der Waals surface area contributed by atoms with Crippen molar-refractivity contribution in [3.63, 3.8) is 0 Å². The second kappa shape index (κ2) is 6.23. The monoisotopic (exact) mass is 343 g/mol. The van der Waals surface area contributed by atoms with Crippen molar-refractivity contribution in [2.75, 3.05) is 13.1 Å². The first-order chi connectivity index (χ1) is 11.4. The molecular formula is C17H17N3O3S. The molecule has 2 heterocycles. The predicted octanol–water partition coefficient (Wildman–Crippen LogP) is 2.02. The molecule has 1 aromatic heterocycles. The number of hydrogen-bond acceptors (Lipinski definition) is 5. The summed E-state index contributed by atoms with van der Waals surface area (Å²) in [6, 6.07) is 10.4. The highest BCUT2D eigenvalue weighted by Gasteiger charge is 2.38. The van der Waals surface area contributed by atoms with Gasteiger partial charge >= 0.3 is 0 Å². The Morgan fingerprint density at radius 3 is 2.67 bits per heavy atom. The third-order valence-electron chi connectivity index (χ3n) is 4.10. The number of hydrogen-bond donors (Lipinski definition) is 0. The molecule has 1 aliphatic heterocycles. The van der Waals surface area contributed by atoms with Crippen molar-refractivity contribution in [2.24, 2.45) is 0 Å². The minimum absolute atomic E-state index is 0.244. The lowest BCUT2D eigenvalue weighted by molar-refractivity contribution is 0.0718. The second-order valence-electron chi connectivity index (χ2n) is 5.78. The van der Waals surface area contributed by atoms with Crippen LogP contribution in [-0.4, -0.2) is 36.9 Å². The highest BCUT2D eigenvalue weighted by Crippen LogP contribution is 2.26. The standard InChI is InChI=1S/C17H17N3O3S/c1-12-5-6-16(8-13(12)2)24(21,22)20-10-15(11-20)23-17-14(9-18)4-3-7-19-17/h3-8,15H,10-11H2,1-2H3. The smallest absolute Gasteiger partial charge is 0.243 e. The van der Waals surface area contributed by atoms with Gasteiger partial charge in [0.05, 0.1) is 18.0 Å². The summed E-state index contributed by atoms with van der Waals surface area (Å²) in [6.07, 6.45) is 1.24.